The maximum absolute atomic E-state index is 4.76. The predicted octanol–water partition coefficient (Wildman–Crippen LogP) is 3.42. The fraction of sp³-hybridized carbons (Fsp3) is 0.500. The van der Waals surface area contributed by atoms with Gasteiger partial charge in [-0.2, -0.15) is 0 Å². The summed E-state index contributed by atoms with van der Waals surface area (Å²) in [5, 5.41) is 3.59. The van der Waals surface area contributed by atoms with Crippen LogP contribution in [-0.4, -0.2) is 14.9 Å². The first-order chi connectivity index (χ1) is 8.04. The minimum absolute atomic E-state index is 0.0649. The molecule has 0 spiro atoms. The monoisotopic (exact) mass is 229 g/mol. The van der Waals surface area contributed by atoms with Gasteiger partial charge in [-0.3, -0.25) is 4.40 Å². The van der Waals surface area contributed by atoms with Crippen molar-refractivity contribution in [2.45, 2.75) is 45.1 Å². The SMILES string of the molecule is CC(C)(C)Nc1c(C2CC2)nc2ccccn12. The Morgan fingerprint density at radius 3 is 2.71 bits per heavy atom. The van der Waals surface area contributed by atoms with Gasteiger partial charge in [0.25, 0.3) is 0 Å². The first kappa shape index (κ1) is 10.6. The molecular formula is C14H19N3. The van der Waals surface area contributed by atoms with Gasteiger partial charge in [-0.1, -0.05) is 6.07 Å². The summed E-state index contributed by atoms with van der Waals surface area (Å²) < 4.78 is 2.17. The van der Waals surface area contributed by atoms with E-state index < -0.39 is 0 Å². The topological polar surface area (TPSA) is 29.3 Å². The van der Waals surface area contributed by atoms with Crippen LogP contribution >= 0.6 is 0 Å². The minimum Gasteiger partial charge on any atom is -0.365 e. The first-order valence-electron chi connectivity index (χ1n) is 6.30. The number of pyridine rings is 1. The molecule has 1 aliphatic carbocycles. The van der Waals surface area contributed by atoms with Crippen molar-refractivity contribution in [1.29, 1.82) is 0 Å². The third-order valence-electron chi connectivity index (χ3n) is 3.01. The smallest absolute Gasteiger partial charge is 0.138 e. The summed E-state index contributed by atoms with van der Waals surface area (Å²) in [6.07, 6.45) is 4.65. The van der Waals surface area contributed by atoms with Gasteiger partial charge >= 0.3 is 0 Å². The van der Waals surface area contributed by atoms with E-state index in [9.17, 15) is 0 Å². The molecule has 3 heteroatoms. The van der Waals surface area contributed by atoms with Crippen molar-refractivity contribution >= 4 is 11.5 Å². The zero-order chi connectivity index (χ0) is 12.0. The van der Waals surface area contributed by atoms with Crippen LogP contribution in [0.3, 0.4) is 0 Å². The molecule has 1 saturated carbocycles. The molecule has 1 fully saturated rings. The lowest BCUT2D eigenvalue weighted by atomic mass is 10.1. The Labute approximate surface area is 102 Å². The molecule has 0 atom stereocenters. The summed E-state index contributed by atoms with van der Waals surface area (Å²) in [6, 6.07) is 6.17. The van der Waals surface area contributed by atoms with Crippen LogP contribution in [-0.2, 0) is 0 Å². The van der Waals surface area contributed by atoms with Crippen LogP contribution in [0.25, 0.3) is 5.65 Å². The summed E-state index contributed by atoms with van der Waals surface area (Å²) >= 11 is 0. The maximum Gasteiger partial charge on any atom is 0.138 e. The molecule has 0 unspecified atom stereocenters. The van der Waals surface area contributed by atoms with Crippen molar-refractivity contribution in [2.75, 3.05) is 5.32 Å². The molecule has 0 radical (unpaired) electrons. The summed E-state index contributed by atoms with van der Waals surface area (Å²) in [4.78, 5) is 4.76. The number of nitrogens with one attached hydrogen (secondary N) is 1. The molecule has 0 aliphatic heterocycles. The second-order valence-electron chi connectivity index (χ2n) is 5.92. The molecular weight excluding hydrogens is 210 g/mol. The lowest BCUT2D eigenvalue weighted by molar-refractivity contribution is 0.627. The fourth-order valence-electron chi connectivity index (χ4n) is 2.13. The molecule has 0 amide bonds. The zero-order valence-corrected chi connectivity index (χ0v) is 10.7. The summed E-state index contributed by atoms with van der Waals surface area (Å²) in [7, 11) is 0. The second kappa shape index (κ2) is 3.49. The summed E-state index contributed by atoms with van der Waals surface area (Å²) in [5.74, 6) is 1.84. The highest BCUT2D eigenvalue weighted by Gasteiger charge is 2.31. The molecule has 3 rings (SSSR count). The average molecular weight is 229 g/mol. The van der Waals surface area contributed by atoms with Crippen LogP contribution in [0.1, 0.15) is 45.2 Å². The Hall–Kier alpha value is -1.51. The number of aromatic nitrogens is 2. The van der Waals surface area contributed by atoms with Crippen molar-refractivity contribution in [3.63, 3.8) is 0 Å². The Bertz CT molecular complexity index is 544. The molecule has 2 aromatic heterocycles. The molecule has 0 aromatic carbocycles. The van der Waals surface area contributed by atoms with Gasteiger partial charge in [-0.25, -0.2) is 4.98 Å². The lowest BCUT2D eigenvalue weighted by Crippen LogP contribution is -2.27. The molecule has 1 N–H and O–H groups in total. The maximum atomic E-state index is 4.76. The van der Waals surface area contributed by atoms with Crippen molar-refractivity contribution < 1.29 is 0 Å². The molecule has 90 valence electrons. The molecule has 0 bridgehead atoms. The number of fused-ring (bicyclic) bond motifs is 1. The van der Waals surface area contributed by atoms with Crippen molar-refractivity contribution in [3.8, 4) is 0 Å². The van der Waals surface area contributed by atoms with Crippen LogP contribution < -0.4 is 5.32 Å². The molecule has 2 aromatic rings. The minimum atomic E-state index is 0.0649. The average Bonchev–Trinajstić information content (AvgIpc) is 3.02. The van der Waals surface area contributed by atoms with Crippen molar-refractivity contribution in [2.24, 2.45) is 0 Å². The van der Waals surface area contributed by atoms with E-state index >= 15 is 0 Å². The largest absolute Gasteiger partial charge is 0.365 e. The van der Waals surface area contributed by atoms with Gasteiger partial charge in [0.15, 0.2) is 0 Å². The van der Waals surface area contributed by atoms with Gasteiger partial charge in [0, 0.05) is 17.7 Å². The molecule has 0 saturated heterocycles. The number of hydrogen-bond donors (Lipinski definition) is 1. The number of rotatable bonds is 2. The van der Waals surface area contributed by atoms with Gasteiger partial charge < -0.3 is 5.32 Å². The van der Waals surface area contributed by atoms with Crippen LogP contribution in [0.2, 0.25) is 0 Å². The van der Waals surface area contributed by atoms with E-state index in [1.165, 1.54) is 24.4 Å². The third kappa shape index (κ3) is 2.02. The van der Waals surface area contributed by atoms with Crippen molar-refractivity contribution in [1.82, 2.24) is 9.38 Å². The third-order valence-corrected chi connectivity index (χ3v) is 3.01. The van der Waals surface area contributed by atoms with E-state index in [1.807, 2.05) is 6.07 Å². The second-order valence-corrected chi connectivity index (χ2v) is 5.92. The molecule has 1 aliphatic rings. The van der Waals surface area contributed by atoms with E-state index in [-0.39, 0.29) is 5.54 Å². The van der Waals surface area contributed by atoms with Gasteiger partial charge in [0.05, 0.1) is 5.69 Å². The van der Waals surface area contributed by atoms with Gasteiger partial charge in [0.2, 0.25) is 0 Å². The Morgan fingerprint density at radius 1 is 1.29 bits per heavy atom. The molecule has 2 heterocycles. The predicted molar refractivity (Wildman–Crippen MR) is 70.5 cm³/mol. The summed E-state index contributed by atoms with van der Waals surface area (Å²) in [5.41, 5.74) is 2.35. The quantitative estimate of drug-likeness (QED) is 0.855. The van der Waals surface area contributed by atoms with Gasteiger partial charge in [0.1, 0.15) is 11.5 Å². The first-order valence-corrected chi connectivity index (χ1v) is 6.30. The van der Waals surface area contributed by atoms with Gasteiger partial charge in [-0.15, -0.1) is 0 Å². The van der Waals surface area contributed by atoms with Gasteiger partial charge in [-0.05, 0) is 45.7 Å². The van der Waals surface area contributed by atoms with Crippen LogP contribution in [0, 0.1) is 0 Å². The van der Waals surface area contributed by atoms with E-state index in [0.717, 1.165) is 5.65 Å². The Morgan fingerprint density at radius 2 is 2.06 bits per heavy atom. The summed E-state index contributed by atoms with van der Waals surface area (Å²) in [6.45, 7) is 6.56. The standard InChI is InChI=1S/C14H19N3/c1-14(2,3)16-13-12(10-7-8-10)15-11-6-4-5-9-17(11)13/h4-6,9-10,16H,7-8H2,1-3H3. The van der Waals surface area contributed by atoms with E-state index in [4.69, 9.17) is 4.98 Å². The normalized spacial score (nSPS) is 16.4. The highest BCUT2D eigenvalue weighted by molar-refractivity contribution is 5.58. The fourth-order valence-corrected chi connectivity index (χ4v) is 2.13. The number of nitrogens with zero attached hydrogens (tertiary/aromatic N) is 2. The van der Waals surface area contributed by atoms with Crippen LogP contribution in [0.15, 0.2) is 24.4 Å². The van der Waals surface area contributed by atoms with E-state index in [0.29, 0.717) is 5.92 Å². The molecule has 3 nitrogen and oxygen atoms in total. The Balaban J connectivity index is 2.14. The number of anilines is 1. The lowest BCUT2D eigenvalue weighted by Gasteiger charge is -2.22. The number of hydrogen-bond acceptors (Lipinski definition) is 2. The number of imidazole rings is 1. The zero-order valence-electron chi connectivity index (χ0n) is 10.7. The van der Waals surface area contributed by atoms with E-state index in [2.05, 4.69) is 48.8 Å². The van der Waals surface area contributed by atoms with Crippen molar-refractivity contribution in [3.05, 3.63) is 30.1 Å². The highest BCUT2D eigenvalue weighted by Crippen LogP contribution is 2.43. The molecule has 17 heavy (non-hydrogen) atoms. The Kier molecular flexibility index (Phi) is 2.18. The highest BCUT2D eigenvalue weighted by atomic mass is 15.2. The van der Waals surface area contributed by atoms with E-state index in [1.54, 1.807) is 0 Å². The van der Waals surface area contributed by atoms with Crippen LogP contribution in [0.5, 0.6) is 0 Å². The van der Waals surface area contributed by atoms with Crippen LogP contribution in [0.4, 0.5) is 5.82 Å².